The standard InChI is InChI=1S/C11H11F3O2/c1-3-11(2,10(15)16)6-4-5-7(12)9(14)8(6)13/h4-5H,3H2,1-2H3,(H,15,16). The molecule has 5 heteroatoms. The van der Waals surface area contributed by atoms with Gasteiger partial charge in [-0.1, -0.05) is 13.0 Å². The molecule has 0 aliphatic heterocycles. The molecule has 0 radical (unpaired) electrons. The van der Waals surface area contributed by atoms with Gasteiger partial charge in [0.2, 0.25) is 0 Å². The van der Waals surface area contributed by atoms with Crippen LogP contribution < -0.4 is 0 Å². The minimum atomic E-state index is -1.64. The summed E-state index contributed by atoms with van der Waals surface area (Å²) >= 11 is 0. The number of carboxylic acid groups (broad SMARTS) is 1. The van der Waals surface area contributed by atoms with E-state index in [9.17, 15) is 18.0 Å². The predicted octanol–water partition coefficient (Wildman–Crippen LogP) is 2.86. The van der Waals surface area contributed by atoms with E-state index in [0.29, 0.717) is 0 Å². The summed E-state index contributed by atoms with van der Waals surface area (Å²) in [7, 11) is 0. The van der Waals surface area contributed by atoms with Crippen LogP contribution in [0.2, 0.25) is 0 Å². The van der Waals surface area contributed by atoms with E-state index in [4.69, 9.17) is 5.11 Å². The Morgan fingerprint density at radius 1 is 1.31 bits per heavy atom. The molecule has 1 aromatic rings. The Balaban J connectivity index is 3.44. The maximum Gasteiger partial charge on any atom is 0.313 e. The van der Waals surface area contributed by atoms with Crippen LogP contribution in [0, 0.1) is 17.5 Å². The van der Waals surface area contributed by atoms with Gasteiger partial charge in [0, 0.05) is 5.56 Å². The number of rotatable bonds is 3. The van der Waals surface area contributed by atoms with Crippen LogP contribution in [0.3, 0.4) is 0 Å². The number of carboxylic acids is 1. The molecule has 0 bridgehead atoms. The Bertz CT molecular complexity index is 431. The summed E-state index contributed by atoms with van der Waals surface area (Å²) in [4.78, 5) is 11.0. The maximum absolute atomic E-state index is 13.4. The van der Waals surface area contributed by atoms with Crippen LogP contribution in [0.15, 0.2) is 12.1 Å². The molecule has 0 spiro atoms. The second-order valence-electron chi connectivity index (χ2n) is 3.71. The van der Waals surface area contributed by atoms with E-state index in [1.54, 1.807) is 0 Å². The molecule has 1 N–H and O–H groups in total. The highest BCUT2D eigenvalue weighted by atomic mass is 19.2. The fraction of sp³-hybridized carbons (Fsp3) is 0.364. The predicted molar refractivity (Wildman–Crippen MR) is 51.6 cm³/mol. The third kappa shape index (κ3) is 1.77. The first kappa shape index (κ1) is 12.5. The second kappa shape index (κ2) is 4.15. The van der Waals surface area contributed by atoms with Gasteiger partial charge in [-0.3, -0.25) is 4.79 Å². The molecule has 0 saturated heterocycles. The Kier molecular flexibility index (Phi) is 3.26. The number of aliphatic carboxylic acids is 1. The van der Waals surface area contributed by atoms with Gasteiger partial charge in [-0.15, -0.1) is 0 Å². The maximum atomic E-state index is 13.4. The van der Waals surface area contributed by atoms with Crippen molar-refractivity contribution >= 4 is 5.97 Å². The number of halogens is 3. The first-order valence-electron chi connectivity index (χ1n) is 4.72. The van der Waals surface area contributed by atoms with E-state index in [0.717, 1.165) is 12.1 Å². The zero-order valence-corrected chi connectivity index (χ0v) is 8.85. The Morgan fingerprint density at radius 2 is 1.88 bits per heavy atom. The van der Waals surface area contributed by atoms with Gasteiger partial charge in [0.1, 0.15) is 0 Å². The van der Waals surface area contributed by atoms with Crippen LogP contribution in [-0.2, 0) is 10.2 Å². The van der Waals surface area contributed by atoms with Gasteiger partial charge < -0.3 is 5.11 Å². The van der Waals surface area contributed by atoms with Gasteiger partial charge in [-0.2, -0.15) is 0 Å². The largest absolute Gasteiger partial charge is 0.481 e. The highest BCUT2D eigenvalue weighted by Crippen LogP contribution is 2.31. The lowest BCUT2D eigenvalue weighted by Gasteiger charge is -2.24. The Labute approximate surface area is 90.7 Å². The van der Waals surface area contributed by atoms with E-state index >= 15 is 0 Å². The van der Waals surface area contributed by atoms with Crippen LogP contribution in [-0.4, -0.2) is 11.1 Å². The van der Waals surface area contributed by atoms with E-state index < -0.39 is 28.8 Å². The Morgan fingerprint density at radius 3 is 2.31 bits per heavy atom. The molecule has 0 saturated carbocycles. The monoisotopic (exact) mass is 232 g/mol. The average Bonchev–Trinajstić information content (AvgIpc) is 2.25. The van der Waals surface area contributed by atoms with Gasteiger partial charge in [-0.25, -0.2) is 13.2 Å². The average molecular weight is 232 g/mol. The van der Waals surface area contributed by atoms with Crippen molar-refractivity contribution in [3.63, 3.8) is 0 Å². The molecule has 16 heavy (non-hydrogen) atoms. The molecule has 1 unspecified atom stereocenters. The topological polar surface area (TPSA) is 37.3 Å². The number of hydrogen-bond acceptors (Lipinski definition) is 1. The van der Waals surface area contributed by atoms with Crippen LogP contribution in [0.25, 0.3) is 0 Å². The van der Waals surface area contributed by atoms with Crippen LogP contribution >= 0.6 is 0 Å². The molecule has 1 aromatic carbocycles. The van der Waals surface area contributed by atoms with Gasteiger partial charge in [0.25, 0.3) is 0 Å². The first-order chi connectivity index (χ1) is 7.34. The van der Waals surface area contributed by atoms with Crippen LogP contribution in [0.4, 0.5) is 13.2 Å². The van der Waals surface area contributed by atoms with E-state index in [1.165, 1.54) is 13.8 Å². The normalized spacial score (nSPS) is 14.6. The molecule has 2 nitrogen and oxygen atoms in total. The van der Waals surface area contributed by atoms with Crippen molar-refractivity contribution in [2.75, 3.05) is 0 Å². The molecule has 1 rings (SSSR count). The molecule has 0 amide bonds. The van der Waals surface area contributed by atoms with Crippen molar-refractivity contribution in [3.05, 3.63) is 35.1 Å². The lowest BCUT2D eigenvalue weighted by molar-refractivity contribution is -0.143. The zero-order valence-electron chi connectivity index (χ0n) is 8.85. The summed E-state index contributed by atoms with van der Waals surface area (Å²) in [5.41, 5.74) is -1.90. The summed E-state index contributed by atoms with van der Waals surface area (Å²) in [6.07, 6.45) is 0.0737. The summed E-state index contributed by atoms with van der Waals surface area (Å²) in [6.45, 7) is 2.81. The first-order valence-corrected chi connectivity index (χ1v) is 4.72. The SMILES string of the molecule is CCC(C)(C(=O)O)c1ccc(F)c(F)c1F. The minimum absolute atomic E-state index is 0.0737. The lowest BCUT2D eigenvalue weighted by atomic mass is 9.80. The van der Waals surface area contributed by atoms with Crippen molar-refractivity contribution in [2.24, 2.45) is 0 Å². The zero-order chi connectivity index (χ0) is 12.5. The highest BCUT2D eigenvalue weighted by molar-refractivity contribution is 5.80. The van der Waals surface area contributed by atoms with Gasteiger partial charge in [0.05, 0.1) is 5.41 Å². The van der Waals surface area contributed by atoms with E-state index in [2.05, 4.69) is 0 Å². The third-order valence-electron chi connectivity index (χ3n) is 2.81. The highest BCUT2D eigenvalue weighted by Gasteiger charge is 2.37. The van der Waals surface area contributed by atoms with Crippen molar-refractivity contribution in [3.8, 4) is 0 Å². The molecular weight excluding hydrogens is 221 g/mol. The summed E-state index contributed by atoms with van der Waals surface area (Å²) in [5, 5.41) is 8.99. The molecule has 0 aliphatic rings. The lowest BCUT2D eigenvalue weighted by Crippen LogP contribution is -2.33. The van der Waals surface area contributed by atoms with Crippen molar-refractivity contribution in [1.29, 1.82) is 0 Å². The summed E-state index contributed by atoms with van der Waals surface area (Å²) in [5.74, 6) is -5.69. The smallest absolute Gasteiger partial charge is 0.313 e. The fourth-order valence-corrected chi connectivity index (χ4v) is 1.41. The number of benzene rings is 1. The fourth-order valence-electron chi connectivity index (χ4n) is 1.41. The van der Waals surface area contributed by atoms with E-state index in [1.807, 2.05) is 0 Å². The van der Waals surface area contributed by atoms with Gasteiger partial charge in [-0.05, 0) is 19.4 Å². The molecular formula is C11H11F3O2. The summed E-state index contributed by atoms with van der Waals surface area (Å²) < 4.78 is 39.1. The van der Waals surface area contributed by atoms with Gasteiger partial charge >= 0.3 is 5.97 Å². The number of hydrogen-bond donors (Lipinski definition) is 1. The van der Waals surface area contributed by atoms with E-state index in [-0.39, 0.29) is 12.0 Å². The van der Waals surface area contributed by atoms with Crippen molar-refractivity contribution in [1.82, 2.24) is 0 Å². The molecule has 0 aliphatic carbocycles. The molecule has 88 valence electrons. The molecule has 0 heterocycles. The molecule has 0 aromatic heterocycles. The minimum Gasteiger partial charge on any atom is -0.481 e. The van der Waals surface area contributed by atoms with Gasteiger partial charge in [0.15, 0.2) is 17.5 Å². The molecule has 0 fully saturated rings. The van der Waals surface area contributed by atoms with Crippen molar-refractivity contribution in [2.45, 2.75) is 25.7 Å². The second-order valence-corrected chi connectivity index (χ2v) is 3.71. The third-order valence-corrected chi connectivity index (χ3v) is 2.81. The van der Waals surface area contributed by atoms with Crippen molar-refractivity contribution < 1.29 is 23.1 Å². The Hall–Kier alpha value is -1.52. The quantitative estimate of drug-likeness (QED) is 0.813. The van der Waals surface area contributed by atoms with Crippen LogP contribution in [0.1, 0.15) is 25.8 Å². The van der Waals surface area contributed by atoms with Crippen LogP contribution in [0.5, 0.6) is 0 Å². The summed E-state index contributed by atoms with van der Waals surface area (Å²) in [6, 6.07) is 1.69. The number of carbonyl (C=O) groups is 1. The molecule has 1 atom stereocenters.